The molecular formula is C30H30O17. The zero-order chi connectivity index (χ0) is 33.9. The van der Waals surface area contributed by atoms with E-state index in [0.29, 0.717) is 0 Å². The van der Waals surface area contributed by atoms with Crippen LogP contribution in [-0.4, -0.2) is 120 Å². The van der Waals surface area contributed by atoms with Gasteiger partial charge in [0.05, 0.1) is 18.1 Å². The van der Waals surface area contributed by atoms with Crippen LogP contribution in [0.3, 0.4) is 0 Å². The summed E-state index contributed by atoms with van der Waals surface area (Å²) in [5.41, 5.74) is -0.836. The summed E-state index contributed by atoms with van der Waals surface area (Å²) in [7, 11) is 0. The Labute approximate surface area is 262 Å². The summed E-state index contributed by atoms with van der Waals surface area (Å²) in [6.07, 6.45) is -16.1. The first-order valence-corrected chi connectivity index (χ1v) is 14.2. The molecule has 2 aromatic heterocycles. The molecule has 17 heteroatoms. The normalized spacial score (nSPS) is 31.3. The molecule has 9 N–H and O–H groups in total. The molecule has 2 aliphatic heterocycles. The highest BCUT2D eigenvalue weighted by Gasteiger charge is 2.47. The number of carboxylic acids is 1. The van der Waals surface area contributed by atoms with E-state index < -0.39 is 96.7 Å². The van der Waals surface area contributed by atoms with Gasteiger partial charge in [0.15, 0.2) is 34.7 Å². The van der Waals surface area contributed by atoms with Crippen molar-refractivity contribution in [2.75, 3.05) is 6.61 Å². The van der Waals surface area contributed by atoms with Crippen LogP contribution in [0.2, 0.25) is 0 Å². The van der Waals surface area contributed by atoms with Gasteiger partial charge in [-0.1, -0.05) is 0 Å². The number of hydrogen-bond donors (Lipinski definition) is 9. The van der Waals surface area contributed by atoms with E-state index in [1.807, 2.05) is 0 Å². The van der Waals surface area contributed by atoms with Gasteiger partial charge in [-0.3, -0.25) is 4.79 Å². The third-order valence-corrected chi connectivity index (χ3v) is 8.05. The second-order valence-corrected chi connectivity index (χ2v) is 11.2. The predicted molar refractivity (Wildman–Crippen MR) is 154 cm³/mol. The minimum atomic E-state index is -1.94. The fourth-order valence-corrected chi connectivity index (χ4v) is 5.49. The molecule has 2 aromatic carbocycles. The van der Waals surface area contributed by atoms with Crippen molar-refractivity contribution < 1.29 is 78.5 Å². The molecular weight excluding hydrogens is 632 g/mol. The van der Waals surface area contributed by atoms with Crippen LogP contribution in [0.1, 0.15) is 17.5 Å². The second kappa shape index (κ2) is 12.4. The molecule has 17 nitrogen and oxygen atoms in total. The molecule has 0 saturated carbocycles. The van der Waals surface area contributed by atoms with Crippen LogP contribution in [0.5, 0.6) is 17.2 Å². The number of aromatic hydroxyl groups is 2. The average Bonchev–Trinajstić information content (AvgIpc) is 3.03. The van der Waals surface area contributed by atoms with E-state index >= 15 is 0 Å². The average molecular weight is 663 g/mol. The molecule has 0 spiro atoms. The number of carboxylic acid groups (broad SMARTS) is 1. The molecule has 0 bridgehead atoms. The Kier molecular flexibility index (Phi) is 8.60. The second-order valence-electron chi connectivity index (χ2n) is 11.2. The first-order valence-electron chi connectivity index (χ1n) is 14.2. The number of aromatic carboxylic acids is 1. The van der Waals surface area contributed by atoms with E-state index in [0.717, 1.165) is 30.3 Å². The van der Waals surface area contributed by atoms with Gasteiger partial charge in [0.2, 0.25) is 12.1 Å². The van der Waals surface area contributed by atoms with Gasteiger partial charge in [-0.25, -0.2) is 4.79 Å². The lowest BCUT2D eigenvalue weighted by atomic mass is 9.98. The zero-order valence-electron chi connectivity index (χ0n) is 24.2. The van der Waals surface area contributed by atoms with Gasteiger partial charge in [0, 0.05) is 29.1 Å². The highest BCUT2D eigenvalue weighted by Crippen LogP contribution is 2.44. The summed E-state index contributed by atoms with van der Waals surface area (Å²) < 4.78 is 34.1. The topological polar surface area (TPSA) is 279 Å². The summed E-state index contributed by atoms with van der Waals surface area (Å²) >= 11 is 0. The molecule has 10 atom stereocenters. The molecule has 47 heavy (non-hydrogen) atoms. The van der Waals surface area contributed by atoms with E-state index in [2.05, 4.69) is 0 Å². The first kappa shape index (κ1) is 32.6. The third kappa shape index (κ3) is 5.88. The maximum absolute atomic E-state index is 12.4. The molecule has 2 fully saturated rings. The minimum absolute atomic E-state index is 0.0306. The molecule has 6 rings (SSSR count). The highest BCUT2D eigenvalue weighted by molar-refractivity contribution is 6.11. The van der Waals surface area contributed by atoms with Crippen molar-refractivity contribution in [1.29, 1.82) is 0 Å². The number of rotatable bonds is 7. The minimum Gasteiger partial charge on any atom is -0.504 e. The molecule has 4 heterocycles. The van der Waals surface area contributed by atoms with E-state index in [9.17, 15) is 55.5 Å². The summed E-state index contributed by atoms with van der Waals surface area (Å²) in [6, 6.07) is 6.67. The van der Waals surface area contributed by atoms with Crippen LogP contribution in [0.25, 0.3) is 33.3 Å². The van der Waals surface area contributed by atoms with Gasteiger partial charge in [0.1, 0.15) is 53.9 Å². The Morgan fingerprint density at radius 3 is 2.13 bits per heavy atom. The fourth-order valence-electron chi connectivity index (χ4n) is 5.49. The largest absolute Gasteiger partial charge is 0.504 e. The number of ether oxygens (including phenoxy) is 4. The quantitative estimate of drug-likeness (QED) is 0.111. The lowest BCUT2D eigenvalue weighted by Crippen LogP contribution is -2.61. The highest BCUT2D eigenvalue weighted by atomic mass is 16.7. The smallest absolute Gasteiger partial charge is 0.371 e. The number of benzene rings is 2. The van der Waals surface area contributed by atoms with E-state index in [-0.39, 0.29) is 39.0 Å². The Morgan fingerprint density at radius 1 is 0.787 bits per heavy atom. The Hall–Kier alpha value is -4.30. The van der Waals surface area contributed by atoms with Crippen LogP contribution in [-0.2, 0) is 14.2 Å². The predicted octanol–water partition coefficient (Wildman–Crippen LogP) is -0.654. The van der Waals surface area contributed by atoms with Crippen molar-refractivity contribution in [3.63, 3.8) is 0 Å². The van der Waals surface area contributed by atoms with Crippen molar-refractivity contribution in [2.45, 2.75) is 68.3 Å². The summed E-state index contributed by atoms with van der Waals surface area (Å²) in [5.74, 6) is -3.78. The van der Waals surface area contributed by atoms with Gasteiger partial charge >= 0.3 is 5.97 Å². The molecule has 2 aliphatic rings. The first-order chi connectivity index (χ1) is 22.2. The number of carbonyl (C=O) groups is 1. The van der Waals surface area contributed by atoms with Gasteiger partial charge in [-0.2, -0.15) is 0 Å². The molecule has 0 unspecified atom stereocenters. The molecule has 2 saturated heterocycles. The standard InChI is InChI=1S/C30H30O17/c1-9-20(34)22(36)24(38)29(43-9)42-8-18-21(35)23(37)25(39)30(46-18)47-27-12-7-17(28(40)41)44-15-5-11(31)6-16(19(12)15)45-26(27)10-2-3-13(32)14(33)4-10/h2-7,9,18,20-25,29-30,32-39H,8H2,1H3,(H,40,41)/t9-,18+,20-,21+,22+,23-,24+,25+,29+,30-/m0/s1. The maximum atomic E-state index is 12.4. The van der Waals surface area contributed by atoms with Crippen LogP contribution in [0.4, 0.5) is 0 Å². The molecule has 0 aliphatic carbocycles. The van der Waals surface area contributed by atoms with Gasteiger partial charge in [-0.05, 0) is 25.1 Å². The zero-order valence-corrected chi connectivity index (χ0v) is 24.2. The SMILES string of the molecule is C[C@@H]1O[C@@H](OC[C@H]2O[C@@H](Oc3c(-c4ccc(O)c(O)c4)oc4cc(=O)cc5oc(C(=O)O)cc3c54)[C@H](O)[C@@H](O)[C@@H]2O)[C@H](O)[C@H](O)[C@H]1O. The van der Waals surface area contributed by atoms with E-state index in [1.165, 1.54) is 13.0 Å². The van der Waals surface area contributed by atoms with Crippen LogP contribution in [0, 0.1) is 0 Å². The van der Waals surface area contributed by atoms with Crippen molar-refractivity contribution in [2.24, 2.45) is 0 Å². The van der Waals surface area contributed by atoms with Crippen molar-refractivity contribution in [3.8, 4) is 28.6 Å². The summed E-state index contributed by atoms with van der Waals surface area (Å²) in [5, 5.41) is 92.5. The molecule has 4 aromatic rings. The maximum Gasteiger partial charge on any atom is 0.371 e. The van der Waals surface area contributed by atoms with E-state index in [1.54, 1.807) is 0 Å². The van der Waals surface area contributed by atoms with Gasteiger partial charge in [0.25, 0.3) is 0 Å². The number of aliphatic hydroxyl groups excluding tert-OH is 6. The lowest BCUT2D eigenvalue weighted by molar-refractivity contribution is -0.318. The van der Waals surface area contributed by atoms with Gasteiger partial charge in [-0.15, -0.1) is 0 Å². The van der Waals surface area contributed by atoms with Crippen molar-refractivity contribution >= 4 is 27.9 Å². The van der Waals surface area contributed by atoms with Crippen LogP contribution < -0.4 is 10.2 Å². The van der Waals surface area contributed by atoms with E-state index in [4.69, 9.17) is 27.8 Å². The number of hydrogen-bond acceptors (Lipinski definition) is 16. The van der Waals surface area contributed by atoms with Gasteiger partial charge < -0.3 is 73.7 Å². The lowest BCUT2D eigenvalue weighted by Gasteiger charge is -2.42. The summed E-state index contributed by atoms with van der Waals surface area (Å²) in [4.78, 5) is 24.4. The van der Waals surface area contributed by atoms with Crippen molar-refractivity contribution in [3.05, 3.63) is 52.4 Å². The number of phenols is 2. The summed E-state index contributed by atoms with van der Waals surface area (Å²) in [6.45, 7) is 0.833. The molecule has 0 amide bonds. The molecule has 252 valence electrons. The Morgan fingerprint density at radius 2 is 1.45 bits per heavy atom. The van der Waals surface area contributed by atoms with Crippen LogP contribution in [0.15, 0.2) is 50.0 Å². The molecule has 0 radical (unpaired) electrons. The Bertz CT molecular complexity index is 1860. The van der Waals surface area contributed by atoms with Crippen molar-refractivity contribution in [1.82, 2.24) is 0 Å². The Balaban J connectivity index is 1.41. The number of aliphatic hydroxyl groups is 6. The third-order valence-electron chi connectivity index (χ3n) is 8.05. The monoisotopic (exact) mass is 662 g/mol. The fraction of sp³-hybridized carbons (Fsp3) is 0.400. The van der Waals surface area contributed by atoms with Crippen LogP contribution >= 0.6 is 0 Å². The number of phenolic OH excluding ortho intramolecular Hbond substituents is 2.